The molecule has 112 valence electrons. The smallest absolute Gasteiger partial charge is 0.226 e. The number of aromatic nitrogens is 3. The Labute approximate surface area is 123 Å². The predicted octanol–water partition coefficient (Wildman–Crippen LogP) is 0.624. The lowest BCUT2D eigenvalue weighted by atomic mass is 10.1. The summed E-state index contributed by atoms with van der Waals surface area (Å²) >= 11 is 0. The molecule has 2 aromatic heterocycles. The topological polar surface area (TPSA) is 98.0 Å². The zero-order valence-corrected chi connectivity index (χ0v) is 12.3. The third-order valence-corrected chi connectivity index (χ3v) is 3.51. The first-order valence-electron chi connectivity index (χ1n) is 7.11. The van der Waals surface area contributed by atoms with Crippen LogP contribution in [-0.2, 0) is 4.74 Å². The van der Waals surface area contributed by atoms with E-state index < -0.39 is 0 Å². The van der Waals surface area contributed by atoms with Crippen molar-refractivity contribution in [3.8, 4) is 0 Å². The summed E-state index contributed by atoms with van der Waals surface area (Å²) in [6.07, 6.45) is 0.117. The molecule has 0 bridgehead atoms. The summed E-state index contributed by atoms with van der Waals surface area (Å²) < 4.78 is 5.63. The molecule has 3 rings (SSSR count). The van der Waals surface area contributed by atoms with Gasteiger partial charge >= 0.3 is 0 Å². The van der Waals surface area contributed by atoms with Crippen molar-refractivity contribution in [1.29, 1.82) is 0 Å². The van der Waals surface area contributed by atoms with E-state index in [0.29, 0.717) is 24.0 Å². The average Bonchev–Trinajstić information content (AvgIpc) is 2.45. The first-order chi connectivity index (χ1) is 10.1. The van der Waals surface area contributed by atoms with Crippen LogP contribution in [0.2, 0.25) is 0 Å². The van der Waals surface area contributed by atoms with Crippen molar-refractivity contribution < 1.29 is 4.74 Å². The number of fused-ring (bicyclic) bond motifs is 1. The van der Waals surface area contributed by atoms with Gasteiger partial charge in [-0.15, -0.1) is 0 Å². The fraction of sp³-hybridized carbons (Fsp3) is 0.500. The van der Waals surface area contributed by atoms with Crippen LogP contribution in [0.15, 0.2) is 6.07 Å². The largest absolute Gasteiger partial charge is 0.383 e. The molecule has 0 aliphatic carbocycles. The van der Waals surface area contributed by atoms with E-state index in [2.05, 4.69) is 25.6 Å². The minimum Gasteiger partial charge on any atom is -0.383 e. The number of nitrogens with two attached hydrogens (primary N) is 1. The van der Waals surface area contributed by atoms with Gasteiger partial charge in [-0.25, -0.2) is 4.98 Å². The van der Waals surface area contributed by atoms with Crippen LogP contribution in [0.5, 0.6) is 0 Å². The van der Waals surface area contributed by atoms with Gasteiger partial charge in [0.15, 0.2) is 5.65 Å². The summed E-state index contributed by atoms with van der Waals surface area (Å²) in [6, 6.07) is 1.98. The number of anilines is 2. The lowest BCUT2D eigenvalue weighted by Gasteiger charge is -2.23. The molecule has 0 aromatic carbocycles. The normalized spacial score (nSPS) is 18.9. The molecule has 1 atom stereocenters. The van der Waals surface area contributed by atoms with E-state index in [1.807, 2.05) is 19.9 Å². The van der Waals surface area contributed by atoms with Gasteiger partial charge in [0.05, 0.1) is 18.1 Å². The standard InChI is InChI=1S/C14H20N6O/c1-8-5-9(2)18-13-11(8)12(15)19-14(20-13)17-7-10-6-16-3-4-21-10/h5,10,16H,3-4,6-7H2,1-2H3,(H3,15,17,18,19,20)/t10-/m1/s1. The Kier molecular flexibility index (Phi) is 3.85. The van der Waals surface area contributed by atoms with Gasteiger partial charge < -0.3 is 21.1 Å². The minimum absolute atomic E-state index is 0.117. The second kappa shape index (κ2) is 5.79. The van der Waals surface area contributed by atoms with Gasteiger partial charge in [0.1, 0.15) is 5.82 Å². The number of nitrogen functional groups attached to an aromatic ring is 1. The molecular weight excluding hydrogens is 268 g/mol. The Balaban J connectivity index is 1.82. The summed E-state index contributed by atoms with van der Waals surface area (Å²) in [5.41, 5.74) is 8.63. The van der Waals surface area contributed by atoms with Crippen molar-refractivity contribution in [1.82, 2.24) is 20.3 Å². The van der Waals surface area contributed by atoms with Crippen LogP contribution in [0, 0.1) is 13.8 Å². The fourth-order valence-corrected chi connectivity index (χ4v) is 2.54. The van der Waals surface area contributed by atoms with Gasteiger partial charge in [-0.2, -0.15) is 9.97 Å². The van der Waals surface area contributed by atoms with Crippen LogP contribution in [0.4, 0.5) is 11.8 Å². The second-order valence-electron chi connectivity index (χ2n) is 5.29. The molecule has 0 unspecified atom stereocenters. The Hall–Kier alpha value is -1.99. The lowest BCUT2D eigenvalue weighted by molar-refractivity contribution is 0.0371. The van der Waals surface area contributed by atoms with E-state index >= 15 is 0 Å². The number of aryl methyl sites for hydroxylation is 2. The summed E-state index contributed by atoms with van der Waals surface area (Å²) in [4.78, 5) is 13.2. The van der Waals surface area contributed by atoms with E-state index in [1.165, 1.54) is 0 Å². The molecular formula is C14H20N6O. The number of nitrogens with zero attached hydrogens (tertiary/aromatic N) is 3. The Morgan fingerprint density at radius 2 is 2.24 bits per heavy atom. The van der Waals surface area contributed by atoms with E-state index in [1.54, 1.807) is 0 Å². The fourth-order valence-electron chi connectivity index (χ4n) is 2.54. The monoisotopic (exact) mass is 288 g/mol. The molecule has 4 N–H and O–H groups in total. The van der Waals surface area contributed by atoms with Crippen molar-refractivity contribution >= 4 is 22.8 Å². The van der Waals surface area contributed by atoms with Crippen LogP contribution in [0.3, 0.4) is 0 Å². The van der Waals surface area contributed by atoms with E-state index in [0.717, 1.165) is 36.3 Å². The number of morpholine rings is 1. The minimum atomic E-state index is 0.117. The molecule has 21 heavy (non-hydrogen) atoms. The molecule has 1 aliphatic heterocycles. The summed E-state index contributed by atoms with van der Waals surface area (Å²) in [7, 11) is 0. The van der Waals surface area contributed by atoms with Crippen LogP contribution in [0.1, 0.15) is 11.3 Å². The maximum atomic E-state index is 6.04. The van der Waals surface area contributed by atoms with E-state index in [9.17, 15) is 0 Å². The third kappa shape index (κ3) is 3.03. The highest BCUT2D eigenvalue weighted by molar-refractivity contribution is 5.89. The molecule has 1 saturated heterocycles. The molecule has 1 aliphatic rings. The van der Waals surface area contributed by atoms with Crippen molar-refractivity contribution in [3.05, 3.63) is 17.3 Å². The second-order valence-corrected chi connectivity index (χ2v) is 5.29. The maximum Gasteiger partial charge on any atom is 0.226 e. The molecule has 0 spiro atoms. The maximum absolute atomic E-state index is 6.04. The number of nitrogens with one attached hydrogen (secondary N) is 2. The average molecular weight is 288 g/mol. The van der Waals surface area contributed by atoms with Crippen LogP contribution in [-0.4, -0.2) is 47.3 Å². The van der Waals surface area contributed by atoms with Crippen molar-refractivity contribution in [3.63, 3.8) is 0 Å². The first kappa shape index (κ1) is 14.0. The Morgan fingerprint density at radius 3 is 3.00 bits per heavy atom. The molecule has 0 radical (unpaired) electrons. The number of hydrogen-bond acceptors (Lipinski definition) is 7. The van der Waals surface area contributed by atoms with Crippen LogP contribution >= 0.6 is 0 Å². The summed E-state index contributed by atoms with van der Waals surface area (Å²) in [5.74, 6) is 0.946. The van der Waals surface area contributed by atoms with Crippen molar-refractivity contribution in [2.45, 2.75) is 20.0 Å². The molecule has 2 aromatic rings. The molecule has 3 heterocycles. The summed E-state index contributed by atoms with van der Waals surface area (Å²) in [5, 5.41) is 7.28. The molecule has 7 nitrogen and oxygen atoms in total. The van der Waals surface area contributed by atoms with Crippen LogP contribution in [0.25, 0.3) is 11.0 Å². The third-order valence-electron chi connectivity index (χ3n) is 3.51. The number of pyridine rings is 1. The predicted molar refractivity (Wildman–Crippen MR) is 82.3 cm³/mol. The SMILES string of the molecule is Cc1cc(C)c2c(N)nc(NC[C@H]3CNCCO3)nc2n1. The van der Waals surface area contributed by atoms with Gasteiger partial charge in [0.2, 0.25) is 5.95 Å². The summed E-state index contributed by atoms with van der Waals surface area (Å²) in [6.45, 7) is 7.03. The Bertz CT molecular complexity index is 653. The van der Waals surface area contributed by atoms with Crippen molar-refractivity contribution in [2.75, 3.05) is 37.3 Å². The first-order valence-corrected chi connectivity index (χ1v) is 7.11. The quantitative estimate of drug-likeness (QED) is 0.761. The number of rotatable bonds is 3. The van der Waals surface area contributed by atoms with Crippen LogP contribution < -0.4 is 16.4 Å². The van der Waals surface area contributed by atoms with Gasteiger partial charge in [0.25, 0.3) is 0 Å². The zero-order chi connectivity index (χ0) is 14.8. The molecule has 0 saturated carbocycles. The highest BCUT2D eigenvalue weighted by atomic mass is 16.5. The highest BCUT2D eigenvalue weighted by Gasteiger charge is 2.14. The Morgan fingerprint density at radius 1 is 1.38 bits per heavy atom. The van der Waals surface area contributed by atoms with Gasteiger partial charge in [-0.05, 0) is 25.5 Å². The molecule has 0 amide bonds. The van der Waals surface area contributed by atoms with E-state index in [-0.39, 0.29) is 6.10 Å². The molecule has 1 fully saturated rings. The number of hydrogen-bond donors (Lipinski definition) is 3. The zero-order valence-electron chi connectivity index (χ0n) is 12.3. The van der Waals surface area contributed by atoms with Gasteiger partial charge in [-0.1, -0.05) is 0 Å². The van der Waals surface area contributed by atoms with Gasteiger partial charge in [-0.3, -0.25) is 0 Å². The molecule has 7 heteroatoms. The lowest BCUT2D eigenvalue weighted by Crippen LogP contribution is -2.42. The number of ether oxygens (including phenoxy) is 1. The van der Waals surface area contributed by atoms with Crippen molar-refractivity contribution in [2.24, 2.45) is 0 Å². The highest BCUT2D eigenvalue weighted by Crippen LogP contribution is 2.22. The van der Waals surface area contributed by atoms with Gasteiger partial charge in [0, 0.05) is 25.3 Å². The van der Waals surface area contributed by atoms with E-state index in [4.69, 9.17) is 10.5 Å².